The number of carboxylic acid groups (broad SMARTS) is 1. The molecule has 0 radical (unpaired) electrons. The maximum absolute atomic E-state index is 12.7. The number of aliphatic carboxylic acids is 1. The Kier molecular flexibility index (Phi) is 36.9. The van der Waals surface area contributed by atoms with Gasteiger partial charge in [-0.1, -0.05) is 187 Å². The van der Waals surface area contributed by atoms with Crippen LogP contribution in [-0.4, -0.2) is 35.6 Å². The summed E-state index contributed by atoms with van der Waals surface area (Å²) in [5.41, 5.74) is 0. The zero-order valence-electron chi connectivity index (χ0n) is 32.1. The van der Waals surface area contributed by atoms with Crippen LogP contribution in [0.5, 0.6) is 0 Å². The molecule has 284 valence electrons. The third-order valence-corrected chi connectivity index (χ3v) is 9.78. The van der Waals surface area contributed by atoms with E-state index in [9.17, 15) is 14.4 Å². The number of hydrogen-bond donors (Lipinski definition) is 2. The highest BCUT2D eigenvalue weighted by Crippen LogP contribution is 2.19. The minimum atomic E-state index is -1.01. The molecule has 0 spiro atoms. The minimum Gasteiger partial charge on any atom is -0.480 e. The lowest BCUT2D eigenvalue weighted by Gasteiger charge is -2.18. The van der Waals surface area contributed by atoms with E-state index >= 15 is 0 Å². The lowest BCUT2D eigenvalue weighted by atomic mass is 10.0. The summed E-state index contributed by atoms with van der Waals surface area (Å²) in [6, 6.07) is 0. The van der Waals surface area contributed by atoms with Gasteiger partial charge in [0.25, 0.3) is 0 Å². The first-order valence-corrected chi connectivity index (χ1v) is 21.2. The van der Waals surface area contributed by atoms with Crippen LogP contribution in [0.4, 0.5) is 0 Å². The topological polar surface area (TPSA) is 92.7 Å². The van der Waals surface area contributed by atoms with Crippen LogP contribution < -0.4 is 5.32 Å². The lowest BCUT2D eigenvalue weighted by molar-refractivity contribution is -0.150. The Morgan fingerprint density at radius 2 is 0.771 bits per heavy atom. The highest BCUT2D eigenvalue weighted by molar-refractivity contribution is 5.80. The van der Waals surface area contributed by atoms with Gasteiger partial charge in [-0.3, -0.25) is 14.4 Å². The standard InChI is InChI=1S/C42H81NO5/c1-3-5-7-9-11-13-14-15-16-17-18-19-20-22-24-29-33-37-42(47)48-39(34-30-26-23-21-12-10-8-6-4-2)35-31-27-25-28-32-36-40(44)43-38-41(45)46/h39H,3-38H2,1-2H3,(H,43,44)(H,45,46). The van der Waals surface area contributed by atoms with Crippen LogP contribution in [0.3, 0.4) is 0 Å². The molecule has 6 nitrogen and oxygen atoms in total. The van der Waals surface area contributed by atoms with Crippen molar-refractivity contribution < 1.29 is 24.2 Å². The second-order valence-corrected chi connectivity index (χ2v) is 14.6. The van der Waals surface area contributed by atoms with Crippen LogP contribution in [0.15, 0.2) is 0 Å². The number of amides is 1. The fourth-order valence-corrected chi connectivity index (χ4v) is 6.63. The van der Waals surface area contributed by atoms with Crippen LogP contribution in [0.2, 0.25) is 0 Å². The van der Waals surface area contributed by atoms with Gasteiger partial charge in [-0.25, -0.2) is 0 Å². The molecule has 0 aliphatic rings. The first-order chi connectivity index (χ1) is 23.5. The Hall–Kier alpha value is -1.59. The predicted octanol–water partition coefficient (Wildman–Crippen LogP) is 12.8. The van der Waals surface area contributed by atoms with Gasteiger partial charge >= 0.3 is 11.9 Å². The van der Waals surface area contributed by atoms with E-state index in [1.54, 1.807) is 0 Å². The molecule has 0 rings (SSSR count). The van der Waals surface area contributed by atoms with Crippen LogP contribution in [0.1, 0.15) is 239 Å². The highest BCUT2D eigenvalue weighted by atomic mass is 16.5. The molecule has 0 aliphatic carbocycles. The van der Waals surface area contributed by atoms with Crippen LogP contribution in [0, 0.1) is 0 Å². The van der Waals surface area contributed by atoms with Crippen molar-refractivity contribution in [3.8, 4) is 0 Å². The SMILES string of the molecule is CCCCCCCCCCCCCCCCCCCC(=O)OC(CCCCCCCCCCC)CCCCCCCC(=O)NCC(=O)O. The fraction of sp³-hybridized carbons (Fsp3) is 0.929. The molecule has 0 aromatic carbocycles. The second kappa shape index (κ2) is 38.2. The molecule has 0 fully saturated rings. The van der Waals surface area contributed by atoms with E-state index in [0.717, 1.165) is 64.2 Å². The molecule has 0 aliphatic heterocycles. The van der Waals surface area contributed by atoms with Crippen molar-refractivity contribution in [2.24, 2.45) is 0 Å². The van der Waals surface area contributed by atoms with Crippen molar-refractivity contribution in [3.63, 3.8) is 0 Å². The zero-order valence-corrected chi connectivity index (χ0v) is 32.1. The summed E-state index contributed by atoms with van der Waals surface area (Å²) < 4.78 is 6.02. The Morgan fingerprint density at radius 1 is 0.458 bits per heavy atom. The Morgan fingerprint density at radius 3 is 1.12 bits per heavy atom. The van der Waals surface area contributed by atoms with Gasteiger partial charge in [0.2, 0.25) is 5.91 Å². The minimum absolute atomic E-state index is 0.00995. The quantitative estimate of drug-likeness (QED) is 0.0498. The number of nitrogens with one attached hydrogen (secondary N) is 1. The third kappa shape index (κ3) is 37.2. The summed E-state index contributed by atoms with van der Waals surface area (Å²) in [6.45, 7) is 4.24. The van der Waals surface area contributed by atoms with Crippen molar-refractivity contribution in [1.29, 1.82) is 0 Å². The van der Waals surface area contributed by atoms with Gasteiger partial charge in [0.15, 0.2) is 0 Å². The number of carbonyl (C=O) groups is 3. The van der Waals surface area contributed by atoms with Crippen molar-refractivity contribution in [2.45, 2.75) is 245 Å². The number of hydrogen-bond acceptors (Lipinski definition) is 4. The summed E-state index contributed by atoms with van der Waals surface area (Å²) in [4.78, 5) is 34.9. The Bertz CT molecular complexity index is 712. The molecular formula is C42H81NO5. The van der Waals surface area contributed by atoms with E-state index in [2.05, 4.69) is 19.2 Å². The van der Waals surface area contributed by atoms with E-state index in [1.807, 2.05) is 0 Å². The van der Waals surface area contributed by atoms with Gasteiger partial charge in [-0.2, -0.15) is 0 Å². The molecule has 0 saturated heterocycles. The molecule has 48 heavy (non-hydrogen) atoms. The van der Waals surface area contributed by atoms with Gasteiger partial charge in [0, 0.05) is 12.8 Å². The van der Waals surface area contributed by atoms with E-state index in [4.69, 9.17) is 9.84 Å². The summed E-state index contributed by atoms with van der Waals surface area (Å²) in [5.74, 6) is -1.21. The predicted molar refractivity (Wildman–Crippen MR) is 203 cm³/mol. The van der Waals surface area contributed by atoms with E-state index in [1.165, 1.54) is 148 Å². The van der Waals surface area contributed by atoms with Crippen molar-refractivity contribution >= 4 is 17.8 Å². The molecule has 1 unspecified atom stereocenters. The van der Waals surface area contributed by atoms with Crippen LogP contribution in [0.25, 0.3) is 0 Å². The summed E-state index contributed by atoms with van der Waals surface area (Å²) in [7, 11) is 0. The largest absolute Gasteiger partial charge is 0.480 e. The molecule has 1 amide bonds. The number of unbranched alkanes of at least 4 members (excludes halogenated alkanes) is 28. The number of rotatable bonds is 39. The maximum atomic E-state index is 12.7. The van der Waals surface area contributed by atoms with Gasteiger partial charge in [-0.15, -0.1) is 0 Å². The summed E-state index contributed by atoms with van der Waals surface area (Å²) in [5, 5.41) is 11.1. The van der Waals surface area contributed by atoms with Crippen LogP contribution in [-0.2, 0) is 19.1 Å². The van der Waals surface area contributed by atoms with Crippen molar-refractivity contribution in [3.05, 3.63) is 0 Å². The average Bonchev–Trinajstić information content (AvgIpc) is 3.07. The molecule has 0 bridgehead atoms. The van der Waals surface area contributed by atoms with E-state index in [-0.39, 0.29) is 24.5 Å². The second-order valence-electron chi connectivity index (χ2n) is 14.6. The molecule has 0 aromatic heterocycles. The molecule has 1 atom stereocenters. The number of esters is 1. The molecular weight excluding hydrogens is 598 g/mol. The van der Waals surface area contributed by atoms with Gasteiger partial charge in [0.1, 0.15) is 12.6 Å². The highest BCUT2D eigenvalue weighted by Gasteiger charge is 2.14. The average molecular weight is 680 g/mol. The smallest absolute Gasteiger partial charge is 0.322 e. The Balaban J connectivity index is 4.01. The van der Waals surface area contributed by atoms with Crippen LogP contribution >= 0.6 is 0 Å². The number of ether oxygens (including phenoxy) is 1. The van der Waals surface area contributed by atoms with E-state index in [0.29, 0.717) is 12.8 Å². The molecule has 0 saturated carbocycles. The molecule has 2 N–H and O–H groups in total. The third-order valence-electron chi connectivity index (χ3n) is 9.78. The first kappa shape index (κ1) is 46.4. The summed E-state index contributed by atoms with van der Waals surface area (Å²) in [6.07, 6.45) is 42.3. The summed E-state index contributed by atoms with van der Waals surface area (Å²) >= 11 is 0. The first-order valence-electron chi connectivity index (χ1n) is 21.2. The maximum Gasteiger partial charge on any atom is 0.322 e. The van der Waals surface area contributed by atoms with Gasteiger partial charge in [-0.05, 0) is 38.5 Å². The molecule has 0 aromatic rings. The lowest BCUT2D eigenvalue weighted by Crippen LogP contribution is -2.28. The number of carbonyl (C=O) groups excluding carboxylic acids is 2. The number of carboxylic acids is 1. The fourth-order valence-electron chi connectivity index (χ4n) is 6.63. The van der Waals surface area contributed by atoms with Gasteiger partial charge in [0.05, 0.1) is 0 Å². The molecule has 6 heteroatoms. The monoisotopic (exact) mass is 680 g/mol. The van der Waals surface area contributed by atoms with Gasteiger partial charge < -0.3 is 15.2 Å². The van der Waals surface area contributed by atoms with Crippen molar-refractivity contribution in [1.82, 2.24) is 5.32 Å². The van der Waals surface area contributed by atoms with E-state index < -0.39 is 5.97 Å². The zero-order chi connectivity index (χ0) is 35.2. The normalized spacial score (nSPS) is 11.9. The van der Waals surface area contributed by atoms with Crippen molar-refractivity contribution in [2.75, 3.05) is 6.54 Å². The molecule has 0 heterocycles. The Labute approximate surface area is 298 Å².